The van der Waals surface area contributed by atoms with Gasteiger partial charge in [0.2, 0.25) is 0 Å². The monoisotopic (exact) mass is 325 g/mol. The van der Waals surface area contributed by atoms with E-state index in [2.05, 4.69) is 4.98 Å². The molecule has 1 saturated carbocycles. The fraction of sp³-hybridized carbons (Fsp3) is 0.316. The highest BCUT2D eigenvalue weighted by Crippen LogP contribution is 2.45. The lowest BCUT2D eigenvalue weighted by molar-refractivity contribution is 0.295. The minimum atomic E-state index is -0.409. The van der Waals surface area contributed by atoms with Crippen LogP contribution < -0.4 is 5.73 Å². The third-order valence-electron chi connectivity index (χ3n) is 4.95. The van der Waals surface area contributed by atoms with E-state index in [1.165, 1.54) is 0 Å². The summed E-state index contributed by atoms with van der Waals surface area (Å²) in [6, 6.07) is 4.72. The van der Waals surface area contributed by atoms with E-state index in [9.17, 15) is 9.50 Å². The number of hydrogen-bond donors (Lipinski definition) is 2. The van der Waals surface area contributed by atoms with Crippen molar-refractivity contribution in [3.05, 3.63) is 64.7 Å². The van der Waals surface area contributed by atoms with E-state index < -0.39 is 6.04 Å². The Kier molecular flexibility index (Phi) is 3.53. The Bertz CT molecular complexity index is 806. The normalized spacial score (nSPS) is 21.1. The van der Waals surface area contributed by atoms with Gasteiger partial charge in [0, 0.05) is 30.2 Å². The zero-order valence-electron chi connectivity index (χ0n) is 13.5. The summed E-state index contributed by atoms with van der Waals surface area (Å²) in [6.07, 6.45) is 7.40. The molecule has 2 aromatic rings. The molecule has 1 aromatic carbocycles. The molecule has 5 heteroatoms. The molecule has 2 aliphatic rings. The summed E-state index contributed by atoms with van der Waals surface area (Å²) in [7, 11) is 1.90. The van der Waals surface area contributed by atoms with Gasteiger partial charge in [0.25, 0.3) is 0 Å². The fourth-order valence-electron chi connectivity index (χ4n) is 3.50. The second-order valence-electron chi connectivity index (χ2n) is 6.67. The first-order valence-electron chi connectivity index (χ1n) is 8.18. The highest BCUT2D eigenvalue weighted by molar-refractivity contribution is 5.67. The zero-order chi connectivity index (χ0) is 16.8. The van der Waals surface area contributed by atoms with Crippen molar-refractivity contribution in [2.24, 2.45) is 5.73 Å². The van der Waals surface area contributed by atoms with Gasteiger partial charge in [-0.25, -0.2) is 4.39 Å². The Morgan fingerprint density at radius 2 is 2.12 bits per heavy atom. The summed E-state index contributed by atoms with van der Waals surface area (Å²) in [4.78, 5) is 6.12. The van der Waals surface area contributed by atoms with Crippen molar-refractivity contribution in [3.63, 3.8) is 0 Å². The maximum atomic E-state index is 14.9. The van der Waals surface area contributed by atoms with Crippen LogP contribution in [0.15, 0.2) is 36.7 Å². The van der Waals surface area contributed by atoms with Crippen molar-refractivity contribution in [2.75, 3.05) is 13.6 Å². The molecule has 4 nitrogen and oxygen atoms in total. The average Bonchev–Trinajstić information content (AvgIpc) is 3.40. The number of fused-ring (bicyclic) bond motifs is 1. The van der Waals surface area contributed by atoms with Gasteiger partial charge in [0.05, 0.1) is 11.6 Å². The van der Waals surface area contributed by atoms with Crippen molar-refractivity contribution in [3.8, 4) is 5.75 Å². The number of aromatic nitrogens is 1. The van der Waals surface area contributed by atoms with Gasteiger partial charge >= 0.3 is 0 Å². The predicted octanol–water partition coefficient (Wildman–Crippen LogP) is 3.14. The van der Waals surface area contributed by atoms with Gasteiger partial charge in [-0.1, -0.05) is 0 Å². The molecular formula is C19H20FN3O. The van der Waals surface area contributed by atoms with Crippen molar-refractivity contribution in [1.29, 1.82) is 0 Å². The van der Waals surface area contributed by atoms with Crippen LogP contribution in [0.3, 0.4) is 0 Å². The van der Waals surface area contributed by atoms with Crippen molar-refractivity contribution in [2.45, 2.75) is 24.8 Å². The van der Waals surface area contributed by atoms with Crippen LogP contribution in [0.25, 0.3) is 5.70 Å². The molecule has 1 aromatic heterocycles. The average molecular weight is 325 g/mol. The zero-order valence-corrected chi connectivity index (χ0v) is 13.5. The van der Waals surface area contributed by atoms with Gasteiger partial charge in [-0.15, -0.1) is 0 Å². The van der Waals surface area contributed by atoms with E-state index in [1.54, 1.807) is 24.5 Å². The van der Waals surface area contributed by atoms with Gasteiger partial charge in [-0.2, -0.15) is 0 Å². The van der Waals surface area contributed by atoms with Crippen LogP contribution >= 0.6 is 0 Å². The summed E-state index contributed by atoms with van der Waals surface area (Å²) in [5.41, 5.74) is 9.59. The van der Waals surface area contributed by atoms with Crippen LogP contribution in [0.5, 0.6) is 5.75 Å². The van der Waals surface area contributed by atoms with Gasteiger partial charge in [-0.05, 0) is 61.2 Å². The van der Waals surface area contributed by atoms with E-state index in [1.807, 2.05) is 24.1 Å². The van der Waals surface area contributed by atoms with Gasteiger partial charge in [0.1, 0.15) is 11.6 Å². The Morgan fingerprint density at radius 1 is 1.33 bits per heavy atom. The van der Waals surface area contributed by atoms with E-state index in [4.69, 9.17) is 5.73 Å². The summed E-state index contributed by atoms with van der Waals surface area (Å²) in [5, 5.41) is 10.6. The smallest absolute Gasteiger partial charge is 0.132 e. The van der Waals surface area contributed by atoms with Gasteiger partial charge in [-0.3, -0.25) is 9.88 Å². The number of pyridine rings is 1. The number of nitrogens with two attached hydrogens (primary N) is 1. The Hall–Kier alpha value is -2.40. The Balaban J connectivity index is 1.88. The second kappa shape index (κ2) is 5.60. The minimum absolute atomic E-state index is 0.0111. The summed E-state index contributed by atoms with van der Waals surface area (Å²) >= 11 is 0. The standard InChI is InChI=1S/C19H20FN3O/c1-23-7-5-16(21)14-10-22-6-4-13(14)19(23)18-15(20)8-12(9-17(18)24)11-2-3-11/h4-6,8-11,19,24H,2-3,7,21H2,1H3. The number of nitrogens with zero attached hydrogens (tertiary/aromatic N) is 2. The van der Waals surface area contributed by atoms with E-state index in [0.717, 1.165) is 29.5 Å². The molecule has 0 bridgehead atoms. The third kappa shape index (κ3) is 2.45. The van der Waals surface area contributed by atoms with Crippen LogP contribution in [0.1, 0.15) is 47.1 Å². The number of aromatic hydroxyl groups is 1. The molecule has 1 atom stereocenters. The number of benzene rings is 1. The van der Waals surface area contributed by atoms with Gasteiger partial charge in [0.15, 0.2) is 0 Å². The minimum Gasteiger partial charge on any atom is -0.507 e. The summed E-state index contributed by atoms with van der Waals surface area (Å²) < 4.78 is 14.9. The number of rotatable bonds is 2. The lowest BCUT2D eigenvalue weighted by Gasteiger charge is -2.28. The number of phenols is 1. The van der Waals surface area contributed by atoms with Crippen LogP contribution in [0, 0.1) is 5.82 Å². The molecule has 0 saturated heterocycles. The lowest BCUT2D eigenvalue weighted by atomic mass is 9.92. The molecule has 24 heavy (non-hydrogen) atoms. The molecule has 124 valence electrons. The molecule has 2 heterocycles. The molecule has 4 rings (SSSR count). The topological polar surface area (TPSA) is 62.4 Å². The van der Waals surface area contributed by atoms with E-state index in [-0.39, 0.29) is 11.6 Å². The molecule has 1 unspecified atom stereocenters. The maximum absolute atomic E-state index is 14.9. The van der Waals surface area contributed by atoms with E-state index in [0.29, 0.717) is 23.7 Å². The molecule has 0 spiro atoms. The molecule has 1 aliphatic heterocycles. The SMILES string of the molecule is CN1CC=C(N)c2cnccc2C1c1c(O)cc(C2CC2)cc1F. The van der Waals surface area contributed by atoms with E-state index >= 15 is 0 Å². The quantitative estimate of drug-likeness (QED) is 0.890. The summed E-state index contributed by atoms with van der Waals surface area (Å²) in [6.45, 7) is 0.564. The number of phenolic OH excluding ortho intramolecular Hbond substituents is 1. The van der Waals surface area contributed by atoms with Crippen LogP contribution in [0.4, 0.5) is 4.39 Å². The third-order valence-corrected chi connectivity index (χ3v) is 4.95. The first kappa shape index (κ1) is 15.1. The van der Waals surface area contributed by atoms with Crippen LogP contribution in [-0.2, 0) is 0 Å². The highest BCUT2D eigenvalue weighted by atomic mass is 19.1. The molecule has 1 fully saturated rings. The van der Waals surface area contributed by atoms with Crippen molar-refractivity contribution >= 4 is 5.70 Å². The predicted molar refractivity (Wildman–Crippen MR) is 90.9 cm³/mol. The van der Waals surface area contributed by atoms with Crippen molar-refractivity contribution in [1.82, 2.24) is 9.88 Å². The van der Waals surface area contributed by atoms with Crippen LogP contribution in [-0.4, -0.2) is 28.6 Å². The largest absolute Gasteiger partial charge is 0.507 e. The number of likely N-dealkylation sites (N-methyl/N-ethyl adjacent to an activating group) is 1. The first-order valence-corrected chi connectivity index (χ1v) is 8.18. The molecule has 0 amide bonds. The molecule has 3 N–H and O–H groups in total. The summed E-state index contributed by atoms with van der Waals surface area (Å²) in [5.74, 6) is 0.0362. The number of hydrogen-bond acceptors (Lipinski definition) is 4. The van der Waals surface area contributed by atoms with Crippen LogP contribution in [0.2, 0.25) is 0 Å². The Labute approximate surface area is 140 Å². The van der Waals surface area contributed by atoms with Gasteiger partial charge < -0.3 is 10.8 Å². The maximum Gasteiger partial charge on any atom is 0.132 e. The molecule has 0 radical (unpaired) electrons. The molecule has 1 aliphatic carbocycles. The first-order chi connectivity index (χ1) is 11.6. The van der Waals surface area contributed by atoms with Crippen molar-refractivity contribution < 1.29 is 9.50 Å². The Morgan fingerprint density at radius 3 is 2.83 bits per heavy atom. The fourth-order valence-corrected chi connectivity index (χ4v) is 3.50. The molecular weight excluding hydrogens is 305 g/mol. The second-order valence-corrected chi connectivity index (χ2v) is 6.67. The number of halogens is 1. The lowest BCUT2D eigenvalue weighted by Crippen LogP contribution is -2.26. The highest BCUT2D eigenvalue weighted by Gasteiger charge is 2.32.